The Balaban J connectivity index is 1.87. The summed E-state index contributed by atoms with van der Waals surface area (Å²) in [6, 6.07) is 9.52. The smallest absolute Gasteiger partial charge is 0.284 e. The molecule has 0 saturated carbocycles. The summed E-state index contributed by atoms with van der Waals surface area (Å²) >= 11 is 1.21. The standard InChI is InChI=1S/C14H11N3O2S/c1-9-4-2-3-5-11(9)17-20-14-15-12-6-7-19-8-10(12)13(18)16-14/h2-8,17H,1H3. The van der Waals surface area contributed by atoms with Crippen LogP contribution in [0, 0.1) is 6.92 Å². The number of para-hydroxylation sites is 1. The van der Waals surface area contributed by atoms with Crippen molar-refractivity contribution in [2.75, 3.05) is 4.72 Å². The van der Waals surface area contributed by atoms with Crippen LogP contribution in [0.4, 0.5) is 5.69 Å². The van der Waals surface area contributed by atoms with Crippen LogP contribution in [0.15, 0.2) is 57.2 Å². The maximum Gasteiger partial charge on any atom is 0.284 e. The molecule has 0 spiro atoms. The van der Waals surface area contributed by atoms with E-state index in [-0.39, 0.29) is 5.56 Å². The zero-order valence-corrected chi connectivity index (χ0v) is 11.5. The van der Waals surface area contributed by atoms with Crippen LogP contribution < -0.4 is 10.3 Å². The third-order valence-corrected chi connectivity index (χ3v) is 3.49. The van der Waals surface area contributed by atoms with Crippen molar-refractivity contribution in [3.63, 3.8) is 0 Å². The molecule has 0 bridgehead atoms. The highest BCUT2D eigenvalue weighted by Crippen LogP contribution is 2.22. The highest BCUT2D eigenvalue weighted by atomic mass is 32.2. The van der Waals surface area contributed by atoms with Crippen LogP contribution in [0.2, 0.25) is 0 Å². The van der Waals surface area contributed by atoms with Gasteiger partial charge in [-0.2, -0.15) is 4.98 Å². The first kappa shape index (κ1) is 12.7. The normalized spacial score (nSPS) is 10.7. The molecule has 0 unspecified atom stereocenters. The van der Waals surface area contributed by atoms with E-state index in [2.05, 4.69) is 14.7 Å². The van der Waals surface area contributed by atoms with Crippen LogP contribution >= 0.6 is 11.9 Å². The van der Waals surface area contributed by atoms with Gasteiger partial charge in [-0.3, -0.25) is 4.79 Å². The van der Waals surface area contributed by atoms with Crippen LogP contribution in [0.3, 0.4) is 0 Å². The minimum atomic E-state index is -0.339. The average molecular weight is 285 g/mol. The van der Waals surface area contributed by atoms with Crippen molar-refractivity contribution in [2.24, 2.45) is 0 Å². The van der Waals surface area contributed by atoms with Crippen LogP contribution in [-0.4, -0.2) is 9.97 Å². The highest BCUT2D eigenvalue weighted by molar-refractivity contribution is 8.00. The number of hydrogen-bond donors (Lipinski definition) is 1. The zero-order valence-electron chi connectivity index (χ0n) is 10.7. The molecule has 100 valence electrons. The lowest BCUT2D eigenvalue weighted by Crippen LogP contribution is -2.13. The molecule has 2 aliphatic heterocycles. The van der Waals surface area contributed by atoms with Gasteiger partial charge in [0.1, 0.15) is 11.8 Å². The van der Waals surface area contributed by atoms with E-state index in [9.17, 15) is 4.79 Å². The van der Waals surface area contributed by atoms with E-state index in [4.69, 9.17) is 4.42 Å². The monoisotopic (exact) mass is 285 g/mol. The number of anilines is 1. The Hall–Kier alpha value is -2.34. The number of benzene rings is 1. The largest absolute Gasteiger partial charge is 0.472 e. The van der Waals surface area contributed by atoms with Gasteiger partial charge in [-0.1, -0.05) is 18.2 Å². The van der Waals surface area contributed by atoms with E-state index >= 15 is 0 Å². The number of fused-ring (bicyclic) bond motifs is 1. The fourth-order valence-corrected chi connectivity index (χ4v) is 2.43. The molecule has 2 heterocycles. The molecule has 0 fully saturated rings. The molecule has 0 aromatic heterocycles. The van der Waals surface area contributed by atoms with Crippen molar-refractivity contribution in [3.05, 3.63) is 58.8 Å². The number of rotatable bonds is 3. The minimum Gasteiger partial charge on any atom is -0.472 e. The second-order valence-corrected chi connectivity index (χ2v) is 4.96. The summed E-state index contributed by atoms with van der Waals surface area (Å²) in [5, 5.41) is 0.386. The second kappa shape index (κ2) is 5.34. The van der Waals surface area contributed by atoms with Crippen LogP contribution in [0.25, 0.3) is 11.3 Å². The first-order chi connectivity index (χ1) is 9.74. The average Bonchev–Trinajstić information content (AvgIpc) is 2.46. The predicted octanol–water partition coefficient (Wildman–Crippen LogP) is 2.96. The third-order valence-electron chi connectivity index (χ3n) is 2.81. The van der Waals surface area contributed by atoms with Gasteiger partial charge in [0, 0.05) is 17.6 Å². The van der Waals surface area contributed by atoms with Crippen LogP contribution in [0.1, 0.15) is 5.56 Å². The van der Waals surface area contributed by atoms with Gasteiger partial charge in [0.2, 0.25) is 5.16 Å². The molecule has 0 radical (unpaired) electrons. The Labute approximate surface area is 119 Å². The Morgan fingerprint density at radius 1 is 1.20 bits per heavy atom. The maximum atomic E-state index is 11.8. The fourth-order valence-electron chi connectivity index (χ4n) is 1.73. The van der Waals surface area contributed by atoms with Crippen LogP contribution in [0.5, 0.6) is 0 Å². The highest BCUT2D eigenvalue weighted by Gasteiger charge is 2.12. The van der Waals surface area contributed by atoms with Crippen molar-refractivity contribution in [1.82, 2.24) is 9.97 Å². The lowest BCUT2D eigenvalue weighted by Gasteiger charge is -2.08. The summed E-state index contributed by atoms with van der Waals surface area (Å²) in [7, 11) is 0. The lowest BCUT2D eigenvalue weighted by molar-refractivity contribution is 0.549. The molecule has 20 heavy (non-hydrogen) atoms. The number of nitrogens with zero attached hydrogens (tertiary/aromatic N) is 2. The summed E-state index contributed by atoms with van der Waals surface area (Å²) in [5.74, 6) is 0. The number of aryl methyl sites for hydroxylation is 1. The van der Waals surface area contributed by atoms with E-state index in [1.54, 1.807) is 6.07 Å². The first-order valence-electron chi connectivity index (χ1n) is 5.97. The van der Waals surface area contributed by atoms with E-state index in [1.807, 2.05) is 31.2 Å². The molecule has 0 saturated heterocycles. The van der Waals surface area contributed by atoms with Crippen molar-refractivity contribution in [2.45, 2.75) is 12.1 Å². The van der Waals surface area contributed by atoms with Gasteiger partial charge in [0.05, 0.1) is 12.0 Å². The topological polar surface area (TPSA) is 68.0 Å². The maximum absolute atomic E-state index is 11.8. The molecule has 6 heteroatoms. The Morgan fingerprint density at radius 2 is 2.05 bits per heavy atom. The number of aromatic nitrogens is 2. The Kier molecular flexibility index (Phi) is 3.39. The zero-order chi connectivity index (χ0) is 13.9. The Morgan fingerprint density at radius 3 is 2.90 bits per heavy atom. The molecule has 2 aliphatic rings. The van der Waals surface area contributed by atoms with E-state index in [0.717, 1.165) is 11.3 Å². The lowest BCUT2D eigenvalue weighted by atomic mass is 10.2. The summed E-state index contributed by atoms with van der Waals surface area (Å²) in [4.78, 5) is 20.1. The third kappa shape index (κ3) is 2.50. The van der Waals surface area contributed by atoms with Crippen molar-refractivity contribution >= 4 is 17.6 Å². The number of nitrogens with one attached hydrogen (secondary N) is 1. The fraction of sp³-hybridized carbons (Fsp3) is 0.0714. The molecule has 3 rings (SSSR count). The molecule has 1 aromatic rings. The van der Waals surface area contributed by atoms with Gasteiger partial charge in [-0.25, -0.2) is 4.98 Å². The van der Waals surface area contributed by atoms with Crippen molar-refractivity contribution in [3.8, 4) is 11.3 Å². The van der Waals surface area contributed by atoms with E-state index in [1.165, 1.54) is 24.5 Å². The molecule has 0 amide bonds. The van der Waals surface area contributed by atoms with E-state index < -0.39 is 0 Å². The van der Waals surface area contributed by atoms with Gasteiger partial charge in [0.25, 0.3) is 5.56 Å². The van der Waals surface area contributed by atoms with Crippen molar-refractivity contribution in [1.29, 1.82) is 0 Å². The molecular weight excluding hydrogens is 274 g/mol. The van der Waals surface area contributed by atoms with Gasteiger partial charge in [-0.05, 0) is 24.6 Å². The van der Waals surface area contributed by atoms with Gasteiger partial charge < -0.3 is 9.14 Å². The van der Waals surface area contributed by atoms with Gasteiger partial charge in [0.15, 0.2) is 0 Å². The summed E-state index contributed by atoms with van der Waals surface area (Å²) < 4.78 is 8.10. The molecule has 0 aliphatic carbocycles. The summed E-state index contributed by atoms with van der Waals surface area (Å²) in [5.41, 5.74) is 2.70. The number of hydrogen-bond acceptors (Lipinski definition) is 6. The molecule has 1 aromatic carbocycles. The van der Waals surface area contributed by atoms with Crippen LogP contribution in [-0.2, 0) is 0 Å². The predicted molar refractivity (Wildman–Crippen MR) is 77.8 cm³/mol. The summed E-state index contributed by atoms with van der Waals surface area (Å²) in [6.07, 6.45) is 2.85. The first-order valence-corrected chi connectivity index (χ1v) is 6.78. The Bertz CT molecular complexity index is 772. The molecular formula is C14H11N3O2S. The second-order valence-electron chi connectivity index (χ2n) is 4.19. The molecule has 5 nitrogen and oxygen atoms in total. The quantitative estimate of drug-likeness (QED) is 0.589. The molecule has 0 atom stereocenters. The van der Waals surface area contributed by atoms with Gasteiger partial charge >= 0.3 is 0 Å². The van der Waals surface area contributed by atoms with E-state index in [0.29, 0.717) is 16.4 Å². The molecule has 1 N–H and O–H groups in total. The van der Waals surface area contributed by atoms with Gasteiger partial charge in [-0.15, -0.1) is 0 Å². The SMILES string of the molecule is Cc1ccccc1NSc1nc2ccocc-2c(=O)n1. The summed E-state index contributed by atoms with van der Waals surface area (Å²) in [6.45, 7) is 2.00. The van der Waals surface area contributed by atoms with Crippen molar-refractivity contribution < 1.29 is 4.42 Å². The minimum absolute atomic E-state index is 0.339.